The maximum atomic E-state index is 12.7. The van der Waals surface area contributed by atoms with Crippen LogP contribution in [0, 0.1) is 35.5 Å². The highest BCUT2D eigenvalue weighted by molar-refractivity contribution is 6.27. The van der Waals surface area contributed by atoms with E-state index in [4.69, 9.17) is 0 Å². The lowest BCUT2D eigenvalue weighted by atomic mass is 9.76. The molecule has 0 unspecified atom stereocenters. The van der Waals surface area contributed by atoms with E-state index in [-0.39, 0.29) is 30.7 Å². The van der Waals surface area contributed by atoms with E-state index < -0.39 is 41.3 Å². The molecule has 2 aliphatic carbocycles. The second-order valence-electron chi connectivity index (χ2n) is 10.8. The monoisotopic (exact) mass is 510 g/mol. The van der Waals surface area contributed by atoms with E-state index in [2.05, 4.69) is 30.6 Å². The molecule has 2 amide bonds. The first-order chi connectivity index (χ1) is 17.7. The molecule has 200 valence electrons. The number of hydrogen-bond acceptors (Lipinski definition) is 6. The van der Waals surface area contributed by atoms with Gasteiger partial charge in [-0.25, -0.2) is 0 Å². The lowest BCUT2D eigenvalue weighted by molar-refractivity contribution is -0.118. The van der Waals surface area contributed by atoms with Gasteiger partial charge in [0.2, 0.25) is 5.91 Å². The van der Waals surface area contributed by atoms with Crippen LogP contribution in [0.5, 0.6) is 0 Å². The van der Waals surface area contributed by atoms with Crippen LogP contribution in [0.25, 0.3) is 0 Å². The molecule has 5 N–H and O–H groups in total. The number of hydrogen-bond donors (Lipinski definition) is 5. The quantitative estimate of drug-likeness (QED) is 0.344. The Kier molecular flexibility index (Phi) is 8.49. The van der Waals surface area contributed by atoms with Crippen LogP contribution < -0.4 is 10.6 Å². The van der Waals surface area contributed by atoms with Gasteiger partial charge in [0.05, 0.1) is 12.2 Å². The summed E-state index contributed by atoms with van der Waals surface area (Å²) < 4.78 is 0. The smallest absolute Gasteiger partial charge is 0.259 e. The van der Waals surface area contributed by atoms with Gasteiger partial charge in [-0.05, 0) is 60.8 Å². The van der Waals surface area contributed by atoms with Gasteiger partial charge in [0, 0.05) is 12.6 Å². The first-order valence-corrected chi connectivity index (χ1v) is 13.3. The minimum atomic E-state index is -1.22. The molecule has 0 aromatic carbocycles. The normalized spacial score (nSPS) is 42.4. The molecule has 2 saturated carbocycles. The zero-order chi connectivity index (χ0) is 26.7. The number of carbonyl (C=O) groups excluding carboxylic acids is 3. The van der Waals surface area contributed by atoms with Gasteiger partial charge in [-0.2, -0.15) is 0 Å². The van der Waals surface area contributed by atoms with Crippen molar-refractivity contribution in [1.29, 1.82) is 0 Å². The number of ketones is 1. The number of carbonyl (C=O) groups is 3. The highest BCUT2D eigenvalue weighted by atomic mass is 16.3. The van der Waals surface area contributed by atoms with Crippen LogP contribution in [-0.4, -0.2) is 57.7 Å². The SMILES string of the molecule is CC[C@H]1C[C@@H]2C[C@H]3/C=C/C=C/C(=O)NCC[C@H](O)[C@@H]4NC(=O)C(=C(O)/C=C/C=C/[C@H](O)[C@H]3[C@@H]2[C@H]1C)C4=O. The van der Waals surface area contributed by atoms with Crippen LogP contribution >= 0.6 is 0 Å². The standard InChI is InChI=1S/C29H38N2O6/c1-3-17-14-19-15-18-8-4-7-11-23(35)30-13-12-22(34)27-28(36)26(29(37)31-27)21(33)10-6-5-9-20(32)25(18)24(19)16(17)2/h4-11,16-20,22,24-25,27,32-34H,3,12-15H2,1-2H3,(H,30,35)(H,31,37)/b8-4+,9-5+,10-6+,11-7+,26-21?/t16-,17-,18+,19+,20-,22-,24+,25-,27-/m0/s1. The number of rotatable bonds is 1. The highest BCUT2D eigenvalue weighted by Crippen LogP contribution is 2.57. The van der Waals surface area contributed by atoms with Crippen LogP contribution in [0.4, 0.5) is 0 Å². The van der Waals surface area contributed by atoms with Crippen molar-refractivity contribution in [2.75, 3.05) is 6.54 Å². The summed E-state index contributed by atoms with van der Waals surface area (Å²) >= 11 is 0. The van der Waals surface area contributed by atoms with E-state index in [9.17, 15) is 29.7 Å². The summed E-state index contributed by atoms with van der Waals surface area (Å²) in [6, 6.07) is -1.19. The zero-order valence-electron chi connectivity index (χ0n) is 21.4. The lowest BCUT2D eigenvalue weighted by Gasteiger charge is -2.30. The number of Topliss-reactive ketones (excluding diaryl/α,β-unsaturated/α-hetero) is 1. The minimum absolute atomic E-state index is 0.0293. The molecule has 3 fully saturated rings. The first-order valence-electron chi connectivity index (χ1n) is 13.3. The summed E-state index contributed by atoms with van der Waals surface area (Å²) in [6.45, 7) is 4.63. The molecule has 0 radical (unpaired) electrons. The summed E-state index contributed by atoms with van der Waals surface area (Å²) in [5, 5.41) is 37.1. The number of amides is 2. The first kappa shape index (κ1) is 27.1. The van der Waals surface area contributed by atoms with E-state index in [1.165, 1.54) is 24.6 Å². The molecular formula is C29H38N2O6. The number of aliphatic hydroxyl groups is 3. The van der Waals surface area contributed by atoms with Crippen LogP contribution in [-0.2, 0) is 14.4 Å². The van der Waals surface area contributed by atoms with Gasteiger partial charge in [0.25, 0.3) is 5.91 Å². The second kappa shape index (κ2) is 11.6. The molecule has 8 heteroatoms. The van der Waals surface area contributed by atoms with E-state index in [1.807, 2.05) is 6.08 Å². The fourth-order valence-corrected chi connectivity index (χ4v) is 6.96. The molecule has 2 bridgehead atoms. The van der Waals surface area contributed by atoms with Gasteiger partial charge >= 0.3 is 0 Å². The predicted molar refractivity (Wildman–Crippen MR) is 139 cm³/mol. The highest BCUT2D eigenvalue weighted by Gasteiger charge is 2.52. The number of aliphatic hydroxyl groups excluding tert-OH is 3. The molecule has 2 aliphatic heterocycles. The zero-order valence-corrected chi connectivity index (χ0v) is 21.4. The van der Waals surface area contributed by atoms with Crippen LogP contribution in [0.3, 0.4) is 0 Å². The third-order valence-corrected chi connectivity index (χ3v) is 8.75. The van der Waals surface area contributed by atoms with Crippen molar-refractivity contribution >= 4 is 17.6 Å². The fraction of sp³-hybridized carbons (Fsp3) is 0.552. The Balaban J connectivity index is 1.62. The van der Waals surface area contributed by atoms with Gasteiger partial charge in [-0.3, -0.25) is 14.4 Å². The van der Waals surface area contributed by atoms with Crippen molar-refractivity contribution in [3.05, 3.63) is 59.9 Å². The topological polar surface area (TPSA) is 136 Å². The summed E-state index contributed by atoms with van der Waals surface area (Å²) in [6.07, 6.45) is 14.5. The fourth-order valence-electron chi connectivity index (χ4n) is 6.96. The Hall–Kier alpha value is -2.97. The maximum Gasteiger partial charge on any atom is 0.259 e. The summed E-state index contributed by atoms with van der Waals surface area (Å²) in [5.74, 6) is 0.00864. The van der Waals surface area contributed by atoms with E-state index >= 15 is 0 Å². The third-order valence-electron chi connectivity index (χ3n) is 8.75. The second-order valence-corrected chi connectivity index (χ2v) is 10.8. The Morgan fingerprint density at radius 2 is 1.70 bits per heavy atom. The minimum Gasteiger partial charge on any atom is -0.507 e. The van der Waals surface area contributed by atoms with Crippen molar-refractivity contribution in [2.24, 2.45) is 35.5 Å². The molecule has 2 heterocycles. The number of fused-ring (bicyclic) bond motifs is 5. The summed E-state index contributed by atoms with van der Waals surface area (Å²) in [5.41, 5.74) is -0.412. The molecule has 8 nitrogen and oxygen atoms in total. The molecule has 0 aromatic heterocycles. The van der Waals surface area contributed by atoms with Gasteiger partial charge in [0.1, 0.15) is 17.4 Å². The van der Waals surface area contributed by atoms with Crippen LogP contribution in [0.2, 0.25) is 0 Å². The Morgan fingerprint density at radius 1 is 0.973 bits per heavy atom. The van der Waals surface area contributed by atoms with Crippen molar-refractivity contribution in [2.45, 2.75) is 57.8 Å². The Labute approximate surface area is 217 Å². The number of allylic oxidation sites excluding steroid dienone is 6. The summed E-state index contributed by atoms with van der Waals surface area (Å²) in [7, 11) is 0. The van der Waals surface area contributed by atoms with Crippen molar-refractivity contribution < 1.29 is 29.7 Å². The average Bonchev–Trinajstić information content (AvgIpc) is 3.48. The predicted octanol–water partition coefficient (Wildman–Crippen LogP) is 2.27. The molecule has 1 saturated heterocycles. The Bertz CT molecular complexity index is 1060. The van der Waals surface area contributed by atoms with E-state index in [1.54, 1.807) is 18.2 Å². The molecule has 37 heavy (non-hydrogen) atoms. The molecule has 4 rings (SSSR count). The van der Waals surface area contributed by atoms with E-state index in [0.717, 1.165) is 12.8 Å². The molecule has 9 atom stereocenters. The largest absolute Gasteiger partial charge is 0.507 e. The van der Waals surface area contributed by atoms with Crippen molar-refractivity contribution in [1.82, 2.24) is 10.6 Å². The number of nitrogens with one attached hydrogen (secondary N) is 2. The van der Waals surface area contributed by atoms with Gasteiger partial charge in [-0.1, -0.05) is 56.7 Å². The molecule has 0 aromatic rings. The van der Waals surface area contributed by atoms with Crippen molar-refractivity contribution in [3.63, 3.8) is 0 Å². The summed E-state index contributed by atoms with van der Waals surface area (Å²) in [4.78, 5) is 37.2. The Morgan fingerprint density at radius 3 is 2.46 bits per heavy atom. The van der Waals surface area contributed by atoms with Gasteiger partial charge in [-0.15, -0.1) is 0 Å². The average molecular weight is 511 g/mol. The maximum absolute atomic E-state index is 12.7. The van der Waals surface area contributed by atoms with Gasteiger partial charge in [0.15, 0.2) is 5.78 Å². The van der Waals surface area contributed by atoms with Crippen molar-refractivity contribution in [3.8, 4) is 0 Å². The van der Waals surface area contributed by atoms with E-state index in [0.29, 0.717) is 23.7 Å². The molecule has 0 spiro atoms. The van der Waals surface area contributed by atoms with Crippen LogP contribution in [0.15, 0.2) is 59.9 Å². The molecule has 4 aliphatic rings. The van der Waals surface area contributed by atoms with Gasteiger partial charge < -0.3 is 26.0 Å². The lowest BCUT2D eigenvalue weighted by Crippen LogP contribution is -2.42. The molecular weight excluding hydrogens is 472 g/mol. The third kappa shape index (κ3) is 5.65. The van der Waals surface area contributed by atoms with Crippen LogP contribution in [0.1, 0.15) is 39.5 Å².